The summed E-state index contributed by atoms with van der Waals surface area (Å²) in [6, 6.07) is 8.28. The molecule has 0 aliphatic carbocycles. The molecule has 1 unspecified atom stereocenters. The van der Waals surface area contributed by atoms with Gasteiger partial charge in [0, 0.05) is 6.04 Å². The fourth-order valence-electron chi connectivity index (χ4n) is 1.38. The molecule has 5 heteroatoms. The van der Waals surface area contributed by atoms with Crippen LogP contribution in [-0.4, -0.2) is 14.5 Å². The minimum Gasteiger partial charge on any atom is -0.207 e. The Morgan fingerprint density at radius 3 is 2.41 bits per heavy atom. The van der Waals surface area contributed by atoms with Crippen LogP contribution in [0.2, 0.25) is 0 Å². The summed E-state index contributed by atoms with van der Waals surface area (Å²) in [4.78, 5) is 0.236. The molecule has 0 heterocycles. The predicted octanol–water partition coefficient (Wildman–Crippen LogP) is 1.97. The number of hydrogen-bond acceptors (Lipinski definition) is 3. The van der Waals surface area contributed by atoms with Gasteiger partial charge in [0.25, 0.3) is 0 Å². The van der Waals surface area contributed by atoms with Crippen LogP contribution in [0.1, 0.15) is 25.3 Å². The van der Waals surface area contributed by atoms with Crippen molar-refractivity contribution in [1.82, 2.24) is 4.72 Å². The van der Waals surface area contributed by atoms with Gasteiger partial charge in [0.2, 0.25) is 10.0 Å². The number of hydrogen-bond donors (Lipinski definition) is 1. The number of nitriles is 1. The van der Waals surface area contributed by atoms with Gasteiger partial charge in [0.1, 0.15) is 0 Å². The van der Waals surface area contributed by atoms with Gasteiger partial charge in [0.15, 0.2) is 0 Å². The van der Waals surface area contributed by atoms with Gasteiger partial charge in [-0.15, -0.1) is 0 Å². The Labute approximate surface area is 102 Å². The number of sulfonamides is 1. The second kappa shape index (κ2) is 5.80. The van der Waals surface area contributed by atoms with Crippen LogP contribution in [0, 0.1) is 18.3 Å². The highest BCUT2D eigenvalue weighted by Gasteiger charge is 2.18. The van der Waals surface area contributed by atoms with E-state index in [0.717, 1.165) is 5.56 Å². The maximum atomic E-state index is 12.0. The molecule has 0 aromatic heterocycles. The van der Waals surface area contributed by atoms with E-state index in [1.807, 2.05) is 19.9 Å². The molecule has 0 fully saturated rings. The lowest BCUT2D eigenvalue weighted by Gasteiger charge is -2.13. The molecule has 0 spiro atoms. The van der Waals surface area contributed by atoms with Crippen molar-refractivity contribution in [3.8, 4) is 6.07 Å². The molecular weight excluding hydrogens is 236 g/mol. The maximum Gasteiger partial charge on any atom is 0.240 e. The van der Waals surface area contributed by atoms with Gasteiger partial charge in [-0.05, 0) is 25.5 Å². The highest BCUT2D eigenvalue weighted by atomic mass is 32.2. The standard InChI is InChI=1S/C12H16N2O2S/c1-3-11(8-9-13)14-17(15,16)12-6-4-10(2)5-7-12/h4-7,11,14H,3,8H2,1-2H3. The Morgan fingerprint density at radius 1 is 1.35 bits per heavy atom. The first-order valence-corrected chi connectivity index (χ1v) is 6.94. The van der Waals surface area contributed by atoms with E-state index in [-0.39, 0.29) is 17.4 Å². The second-order valence-corrected chi connectivity index (χ2v) is 5.62. The third-order valence-electron chi connectivity index (χ3n) is 2.48. The molecule has 0 saturated heterocycles. The van der Waals surface area contributed by atoms with Gasteiger partial charge in [0.05, 0.1) is 17.4 Å². The van der Waals surface area contributed by atoms with Gasteiger partial charge in [-0.3, -0.25) is 0 Å². The highest BCUT2D eigenvalue weighted by molar-refractivity contribution is 7.89. The summed E-state index contributed by atoms with van der Waals surface area (Å²) in [5, 5.41) is 8.59. The molecule has 0 aliphatic heterocycles. The summed E-state index contributed by atoms with van der Waals surface area (Å²) in [5.74, 6) is 0. The van der Waals surface area contributed by atoms with Crippen molar-refractivity contribution in [2.75, 3.05) is 0 Å². The largest absolute Gasteiger partial charge is 0.240 e. The number of aryl methyl sites for hydroxylation is 1. The van der Waals surface area contributed by atoms with E-state index in [9.17, 15) is 8.42 Å². The topological polar surface area (TPSA) is 70.0 Å². The monoisotopic (exact) mass is 252 g/mol. The van der Waals surface area contributed by atoms with Crippen molar-refractivity contribution < 1.29 is 8.42 Å². The van der Waals surface area contributed by atoms with E-state index in [1.54, 1.807) is 24.3 Å². The number of nitrogens with zero attached hydrogens (tertiary/aromatic N) is 1. The minimum atomic E-state index is -3.51. The Balaban J connectivity index is 2.89. The van der Waals surface area contributed by atoms with E-state index in [4.69, 9.17) is 5.26 Å². The maximum absolute atomic E-state index is 12.0. The van der Waals surface area contributed by atoms with Crippen LogP contribution in [0.15, 0.2) is 29.2 Å². The first-order valence-electron chi connectivity index (χ1n) is 5.45. The van der Waals surface area contributed by atoms with Crippen LogP contribution < -0.4 is 4.72 Å². The molecule has 4 nitrogen and oxygen atoms in total. The van der Waals surface area contributed by atoms with E-state index < -0.39 is 10.0 Å². The molecule has 17 heavy (non-hydrogen) atoms. The molecule has 1 aromatic carbocycles. The van der Waals surface area contributed by atoms with Crippen LogP contribution in [0.3, 0.4) is 0 Å². The Bertz CT molecular complexity index is 500. The summed E-state index contributed by atoms with van der Waals surface area (Å²) in [6.45, 7) is 3.74. The minimum absolute atomic E-state index is 0.182. The Hall–Kier alpha value is -1.38. The normalized spacial score (nSPS) is 13.0. The zero-order valence-corrected chi connectivity index (χ0v) is 10.8. The zero-order valence-electron chi connectivity index (χ0n) is 9.97. The SMILES string of the molecule is CCC(CC#N)NS(=O)(=O)c1ccc(C)cc1. The van der Waals surface area contributed by atoms with Crippen molar-refractivity contribution in [3.63, 3.8) is 0 Å². The van der Waals surface area contributed by atoms with Crippen molar-refractivity contribution >= 4 is 10.0 Å². The fraction of sp³-hybridized carbons (Fsp3) is 0.417. The number of nitrogens with one attached hydrogen (secondary N) is 1. The summed E-state index contributed by atoms with van der Waals surface area (Å²) >= 11 is 0. The Kier molecular flexibility index (Phi) is 4.67. The average molecular weight is 252 g/mol. The lowest BCUT2D eigenvalue weighted by molar-refractivity contribution is 0.543. The van der Waals surface area contributed by atoms with Crippen LogP contribution in [0.4, 0.5) is 0 Å². The van der Waals surface area contributed by atoms with Gasteiger partial charge < -0.3 is 0 Å². The lowest BCUT2D eigenvalue weighted by Crippen LogP contribution is -2.34. The van der Waals surface area contributed by atoms with Gasteiger partial charge in [-0.25, -0.2) is 13.1 Å². The van der Waals surface area contributed by atoms with Crippen LogP contribution in [0.5, 0.6) is 0 Å². The molecule has 92 valence electrons. The molecule has 1 aromatic rings. The van der Waals surface area contributed by atoms with E-state index >= 15 is 0 Å². The quantitative estimate of drug-likeness (QED) is 0.871. The molecule has 0 aliphatic rings. The van der Waals surface area contributed by atoms with E-state index in [0.29, 0.717) is 6.42 Å². The van der Waals surface area contributed by atoms with Gasteiger partial charge >= 0.3 is 0 Å². The van der Waals surface area contributed by atoms with Gasteiger partial charge in [-0.2, -0.15) is 5.26 Å². The van der Waals surface area contributed by atoms with Crippen LogP contribution in [0.25, 0.3) is 0 Å². The molecule has 0 bridgehead atoms. The van der Waals surface area contributed by atoms with Crippen LogP contribution in [-0.2, 0) is 10.0 Å². The molecule has 0 saturated carbocycles. The fourth-order valence-corrected chi connectivity index (χ4v) is 2.70. The highest BCUT2D eigenvalue weighted by Crippen LogP contribution is 2.11. The summed E-state index contributed by atoms with van der Waals surface area (Å²) < 4.78 is 26.5. The molecule has 1 atom stereocenters. The summed E-state index contributed by atoms with van der Waals surface area (Å²) in [7, 11) is -3.51. The average Bonchev–Trinajstić information content (AvgIpc) is 2.28. The predicted molar refractivity (Wildman–Crippen MR) is 65.8 cm³/mol. The van der Waals surface area contributed by atoms with Crippen molar-refractivity contribution in [2.24, 2.45) is 0 Å². The first-order chi connectivity index (χ1) is 7.99. The van der Waals surface area contributed by atoms with Crippen LogP contribution >= 0.6 is 0 Å². The third kappa shape index (κ3) is 3.84. The van der Waals surface area contributed by atoms with Crippen molar-refractivity contribution in [2.45, 2.75) is 37.6 Å². The van der Waals surface area contributed by atoms with E-state index in [2.05, 4.69) is 4.72 Å². The smallest absolute Gasteiger partial charge is 0.207 e. The van der Waals surface area contributed by atoms with E-state index in [1.165, 1.54) is 0 Å². The summed E-state index contributed by atoms with van der Waals surface area (Å²) in [5.41, 5.74) is 1.01. The van der Waals surface area contributed by atoms with Gasteiger partial charge in [-0.1, -0.05) is 24.6 Å². The zero-order chi connectivity index (χ0) is 12.9. The third-order valence-corrected chi connectivity index (χ3v) is 4.02. The molecule has 1 N–H and O–H groups in total. The Morgan fingerprint density at radius 2 is 1.94 bits per heavy atom. The number of benzene rings is 1. The van der Waals surface area contributed by atoms with Crippen molar-refractivity contribution in [1.29, 1.82) is 5.26 Å². The van der Waals surface area contributed by atoms with Crippen molar-refractivity contribution in [3.05, 3.63) is 29.8 Å². The molecule has 0 radical (unpaired) electrons. The molecule has 1 rings (SSSR count). The molecule has 0 amide bonds. The summed E-state index contributed by atoms with van der Waals surface area (Å²) in [6.07, 6.45) is 0.778. The molecular formula is C12H16N2O2S. The number of rotatable bonds is 5. The second-order valence-electron chi connectivity index (χ2n) is 3.90. The first kappa shape index (κ1) is 13.7. The lowest BCUT2D eigenvalue weighted by atomic mass is 10.2.